The van der Waals surface area contributed by atoms with E-state index in [1.54, 1.807) is 11.3 Å². The van der Waals surface area contributed by atoms with E-state index in [4.69, 9.17) is 0 Å². The maximum absolute atomic E-state index is 4.22. The van der Waals surface area contributed by atoms with Gasteiger partial charge in [0, 0.05) is 42.3 Å². The number of aromatic nitrogens is 1. The first kappa shape index (κ1) is 14.5. The van der Waals surface area contributed by atoms with E-state index in [2.05, 4.69) is 29.0 Å². The number of hydrogen-bond donors (Lipinski definition) is 1. The monoisotopic (exact) mass is 293 g/mol. The quantitative estimate of drug-likeness (QED) is 0.927. The number of piperazine rings is 1. The molecule has 1 saturated carbocycles. The summed E-state index contributed by atoms with van der Waals surface area (Å²) >= 11 is 1.78. The maximum atomic E-state index is 4.22. The Hall–Kier alpha value is -0.450. The van der Waals surface area contributed by atoms with Gasteiger partial charge in [-0.1, -0.05) is 19.3 Å². The van der Waals surface area contributed by atoms with E-state index in [9.17, 15) is 0 Å². The summed E-state index contributed by atoms with van der Waals surface area (Å²) in [5, 5.41) is 3.83. The van der Waals surface area contributed by atoms with Crippen LogP contribution in [0.15, 0.2) is 11.7 Å². The van der Waals surface area contributed by atoms with Crippen molar-refractivity contribution in [3.63, 3.8) is 0 Å². The highest BCUT2D eigenvalue weighted by Gasteiger charge is 2.37. The smallest absolute Gasteiger partial charge is 0.0794 e. The van der Waals surface area contributed by atoms with Crippen LogP contribution in [-0.4, -0.2) is 34.6 Å². The molecule has 1 unspecified atom stereocenters. The summed E-state index contributed by atoms with van der Waals surface area (Å²) in [4.78, 5) is 8.27. The molecule has 20 heavy (non-hydrogen) atoms. The van der Waals surface area contributed by atoms with E-state index in [0.717, 1.165) is 19.0 Å². The van der Waals surface area contributed by atoms with Gasteiger partial charge in [-0.3, -0.25) is 9.88 Å². The Morgan fingerprint density at radius 2 is 2.15 bits per heavy atom. The molecule has 0 aromatic carbocycles. The molecule has 1 aliphatic heterocycles. The zero-order valence-corrected chi connectivity index (χ0v) is 13.6. The largest absolute Gasteiger partial charge is 0.311 e. The first-order valence-electron chi connectivity index (χ1n) is 8.01. The molecular formula is C16H27N3S. The fourth-order valence-corrected chi connectivity index (χ4v) is 4.29. The highest BCUT2D eigenvalue weighted by molar-refractivity contribution is 7.09. The molecule has 0 radical (unpaired) electrons. The van der Waals surface area contributed by atoms with Gasteiger partial charge in [0.25, 0.3) is 0 Å². The van der Waals surface area contributed by atoms with Gasteiger partial charge in [0.15, 0.2) is 0 Å². The highest BCUT2D eigenvalue weighted by Crippen LogP contribution is 2.31. The van der Waals surface area contributed by atoms with Crippen LogP contribution in [-0.2, 0) is 6.54 Å². The lowest BCUT2D eigenvalue weighted by Gasteiger charge is -2.48. The lowest BCUT2D eigenvalue weighted by atomic mass is 9.81. The summed E-state index contributed by atoms with van der Waals surface area (Å²) < 4.78 is 0. The van der Waals surface area contributed by atoms with Gasteiger partial charge in [0.2, 0.25) is 0 Å². The lowest BCUT2D eigenvalue weighted by Crippen LogP contribution is -2.63. The van der Waals surface area contributed by atoms with Crippen molar-refractivity contribution in [2.24, 2.45) is 5.92 Å². The molecule has 1 N–H and O–H groups in total. The number of rotatable bonds is 3. The molecule has 3 nitrogen and oxygen atoms in total. The van der Waals surface area contributed by atoms with Crippen molar-refractivity contribution in [2.45, 2.75) is 64.1 Å². The predicted molar refractivity (Wildman–Crippen MR) is 85.0 cm³/mol. The average Bonchev–Trinajstić information content (AvgIpc) is 2.95. The second-order valence-electron chi connectivity index (χ2n) is 7.05. The van der Waals surface area contributed by atoms with Crippen molar-refractivity contribution in [3.05, 3.63) is 16.6 Å². The van der Waals surface area contributed by atoms with E-state index < -0.39 is 0 Å². The van der Waals surface area contributed by atoms with Crippen molar-refractivity contribution in [1.29, 1.82) is 0 Å². The van der Waals surface area contributed by atoms with Crippen molar-refractivity contribution < 1.29 is 0 Å². The van der Waals surface area contributed by atoms with Gasteiger partial charge >= 0.3 is 0 Å². The van der Waals surface area contributed by atoms with E-state index in [1.807, 2.05) is 11.7 Å². The van der Waals surface area contributed by atoms with Crippen LogP contribution in [0, 0.1) is 5.92 Å². The molecule has 0 spiro atoms. The Labute approximate surface area is 126 Å². The summed E-state index contributed by atoms with van der Waals surface area (Å²) in [6, 6.07) is 0.691. The average molecular weight is 293 g/mol. The molecule has 1 aliphatic carbocycles. The molecule has 2 fully saturated rings. The van der Waals surface area contributed by atoms with E-state index >= 15 is 0 Å². The molecule has 2 heterocycles. The minimum Gasteiger partial charge on any atom is -0.311 e. The van der Waals surface area contributed by atoms with Gasteiger partial charge in [0.05, 0.1) is 5.51 Å². The molecule has 3 rings (SSSR count). The Balaban J connectivity index is 1.66. The van der Waals surface area contributed by atoms with Crippen molar-refractivity contribution in [2.75, 3.05) is 13.1 Å². The van der Waals surface area contributed by atoms with Crippen LogP contribution >= 0.6 is 11.3 Å². The van der Waals surface area contributed by atoms with E-state index in [-0.39, 0.29) is 5.54 Å². The van der Waals surface area contributed by atoms with Gasteiger partial charge in [-0.25, -0.2) is 0 Å². The van der Waals surface area contributed by atoms with Crippen LogP contribution in [0.25, 0.3) is 0 Å². The number of nitrogens with one attached hydrogen (secondary N) is 1. The number of nitrogens with zero attached hydrogens (tertiary/aromatic N) is 2. The maximum Gasteiger partial charge on any atom is 0.0794 e. The van der Waals surface area contributed by atoms with Crippen LogP contribution in [0.1, 0.15) is 50.8 Å². The third-order valence-electron chi connectivity index (χ3n) is 5.12. The molecule has 1 atom stereocenters. The van der Waals surface area contributed by atoms with Crippen LogP contribution in [0.4, 0.5) is 0 Å². The Morgan fingerprint density at radius 3 is 2.85 bits per heavy atom. The SMILES string of the molecule is CC1(C)CNC(C2CCCCC2)CN1Cc1cncs1. The fraction of sp³-hybridized carbons (Fsp3) is 0.812. The van der Waals surface area contributed by atoms with Gasteiger partial charge < -0.3 is 5.32 Å². The van der Waals surface area contributed by atoms with E-state index in [0.29, 0.717) is 6.04 Å². The molecule has 4 heteroatoms. The molecular weight excluding hydrogens is 266 g/mol. The summed E-state index contributed by atoms with van der Waals surface area (Å²) in [5.74, 6) is 0.892. The molecule has 112 valence electrons. The third kappa shape index (κ3) is 3.23. The standard InChI is InChI=1S/C16H27N3S/c1-16(2)11-18-15(13-6-4-3-5-7-13)10-19(16)9-14-8-17-12-20-14/h8,12-13,15,18H,3-7,9-11H2,1-2H3. The van der Waals surface area contributed by atoms with Crippen LogP contribution in [0.3, 0.4) is 0 Å². The molecule has 0 bridgehead atoms. The summed E-state index contributed by atoms with van der Waals surface area (Å²) in [5.41, 5.74) is 2.19. The molecule has 1 saturated heterocycles. The number of hydrogen-bond acceptors (Lipinski definition) is 4. The third-order valence-corrected chi connectivity index (χ3v) is 5.88. The van der Waals surface area contributed by atoms with E-state index in [1.165, 1.54) is 43.5 Å². The lowest BCUT2D eigenvalue weighted by molar-refractivity contribution is 0.0382. The summed E-state index contributed by atoms with van der Waals surface area (Å²) in [7, 11) is 0. The predicted octanol–water partition coefficient (Wildman–Crippen LogP) is 3.28. The minimum absolute atomic E-state index is 0.245. The normalized spacial score (nSPS) is 28.6. The Bertz CT molecular complexity index is 409. The van der Waals surface area contributed by atoms with Gasteiger partial charge in [-0.15, -0.1) is 11.3 Å². The first-order valence-corrected chi connectivity index (χ1v) is 8.89. The highest BCUT2D eigenvalue weighted by atomic mass is 32.1. The van der Waals surface area contributed by atoms with Crippen LogP contribution < -0.4 is 5.32 Å². The van der Waals surface area contributed by atoms with Gasteiger partial charge in [0.1, 0.15) is 0 Å². The summed E-state index contributed by atoms with van der Waals surface area (Å²) in [6.07, 6.45) is 9.18. The van der Waals surface area contributed by atoms with Gasteiger partial charge in [-0.05, 0) is 32.6 Å². The van der Waals surface area contributed by atoms with Crippen LogP contribution in [0.2, 0.25) is 0 Å². The van der Waals surface area contributed by atoms with Crippen molar-refractivity contribution >= 4 is 11.3 Å². The Kier molecular flexibility index (Phi) is 4.43. The first-order chi connectivity index (χ1) is 9.65. The van der Waals surface area contributed by atoms with Gasteiger partial charge in [-0.2, -0.15) is 0 Å². The molecule has 2 aliphatic rings. The second-order valence-corrected chi connectivity index (χ2v) is 8.02. The summed E-state index contributed by atoms with van der Waals surface area (Å²) in [6.45, 7) is 8.07. The zero-order valence-electron chi connectivity index (χ0n) is 12.8. The van der Waals surface area contributed by atoms with Crippen molar-refractivity contribution in [3.8, 4) is 0 Å². The topological polar surface area (TPSA) is 28.2 Å². The molecule has 0 amide bonds. The van der Waals surface area contributed by atoms with Crippen LogP contribution in [0.5, 0.6) is 0 Å². The fourth-order valence-electron chi connectivity index (χ4n) is 3.68. The second kappa shape index (κ2) is 6.12. The molecule has 1 aromatic heterocycles. The Morgan fingerprint density at radius 1 is 1.35 bits per heavy atom. The minimum atomic E-state index is 0.245. The molecule has 1 aromatic rings. The number of thiazole rings is 1. The van der Waals surface area contributed by atoms with Crippen molar-refractivity contribution in [1.82, 2.24) is 15.2 Å². The zero-order chi connectivity index (χ0) is 14.0.